The number of aromatic nitrogens is 2. The molecule has 440 valence electrons. The summed E-state index contributed by atoms with van der Waals surface area (Å²) in [6.45, 7) is 15.9. The molecule has 0 N–H and O–H groups in total. The second-order valence-corrected chi connectivity index (χ2v) is 25.4. The Morgan fingerprint density at radius 1 is 0.481 bits per heavy atom. The highest BCUT2D eigenvalue weighted by molar-refractivity contribution is 7.20. The van der Waals surface area contributed by atoms with E-state index in [-0.39, 0.29) is 11.8 Å². The number of carbonyl (C=O) groups excluding carboxylic acids is 2. The molecule has 0 spiro atoms. The Morgan fingerprint density at radius 3 is 1.32 bits per heavy atom. The Balaban J connectivity index is 1.03. The molecule has 0 unspecified atom stereocenters. The molecule has 0 aliphatic carbocycles. The maximum Gasteiger partial charge on any atom is 0.346 e. The topological polar surface area (TPSA) is 66.8 Å². The van der Waals surface area contributed by atoms with Gasteiger partial charge in [0.15, 0.2) is 25.5 Å². The van der Waals surface area contributed by atoms with E-state index < -0.39 is 0 Å². The second kappa shape index (κ2) is 37.2. The van der Waals surface area contributed by atoms with Crippen LogP contribution in [0.1, 0.15) is 214 Å². The Bertz CT molecular complexity index is 2770. The maximum absolute atomic E-state index is 13.5. The minimum Gasteiger partial charge on any atom is -0.494 e. The first-order valence-corrected chi connectivity index (χ1v) is 33.4. The SMILES string of the molecule is CCCCCCCCCCCCCCOc1cccc(CCN(C(C)=O)c2ccccc2C[n+]2cc(C)sc2-c2sc(C)c[n+]2Cc2ccccc2N(CCc2ccc(OCCCCCCCCCCCCCC)c(Cl)c2)C(C)=O)c1. The summed E-state index contributed by atoms with van der Waals surface area (Å²) in [5.74, 6) is 1.64. The summed E-state index contributed by atoms with van der Waals surface area (Å²) in [5.41, 5.74) is 6.20. The maximum atomic E-state index is 13.5. The van der Waals surface area contributed by atoms with Gasteiger partial charge in [0.25, 0.3) is 0 Å². The van der Waals surface area contributed by atoms with Gasteiger partial charge in [-0.2, -0.15) is 9.13 Å². The summed E-state index contributed by atoms with van der Waals surface area (Å²) in [5, 5.41) is 2.91. The van der Waals surface area contributed by atoms with Crippen molar-refractivity contribution in [1.29, 1.82) is 0 Å². The minimum atomic E-state index is -0.00428. The lowest BCUT2D eigenvalue weighted by Gasteiger charge is -2.23. The van der Waals surface area contributed by atoms with E-state index in [0.717, 1.165) is 74.6 Å². The van der Waals surface area contributed by atoms with Crippen LogP contribution in [0.5, 0.6) is 11.5 Å². The van der Waals surface area contributed by atoms with Gasteiger partial charge >= 0.3 is 10.0 Å². The molecule has 0 atom stereocenters. The van der Waals surface area contributed by atoms with Crippen LogP contribution in [0.4, 0.5) is 11.4 Å². The van der Waals surface area contributed by atoms with Crippen LogP contribution < -0.4 is 28.4 Å². The number of halogens is 1. The zero-order valence-electron chi connectivity index (χ0n) is 50.6. The number of para-hydroxylation sites is 2. The number of unbranched alkanes of at least 4 members (excludes halogenated alkanes) is 22. The molecule has 0 bridgehead atoms. The van der Waals surface area contributed by atoms with E-state index in [1.807, 2.05) is 40.1 Å². The number of aryl methyl sites for hydroxylation is 2. The Morgan fingerprint density at radius 2 is 0.889 bits per heavy atom. The first-order chi connectivity index (χ1) is 39.5. The average Bonchev–Trinajstić information content (AvgIpc) is 4.14. The largest absolute Gasteiger partial charge is 0.494 e. The van der Waals surface area contributed by atoms with Gasteiger partial charge < -0.3 is 19.3 Å². The highest BCUT2D eigenvalue weighted by Gasteiger charge is 2.32. The van der Waals surface area contributed by atoms with Crippen LogP contribution in [0.3, 0.4) is 0 Å². The molecule has 0 aliphatic heterocycles. The van der Waals surface area contributed by atoms with Crippen molar-refractivity contribution in [2.45, 2.75) is 222 Å². The Labute approximate surface area is 502 Å². The van der Waals surface area contributed by atoms with E-state index in [4.69, 9.17) is 21.1 Å². The van der Waals surface area contributed by atoms with Crippen molar-refractivity contribution in [2.24, 2.45) is 0 Å². The van der Waals surface area contributed by atoms with E-state index >= 15 is 0 Å². The number of nitrogens with zero attached hydrogens (tertiary/aromatic N) is 4. The molecule has 11 heteroatoms. The molecule has 0 fully saturated rings. The summed E-state index contributed by atoms with van der Waals surface area (Å²) in [6.07, 6.45) is 37.5. The fraction of sp³-hybridized carbons (Fsp3) is 0.543. The number of amides is 2. The molecule has 81 heavy (non-hydrogen) atoms. The summed E-state index contributed by atoms with van der Waals surface area (Å²) >= 11 is 10.4. The van der Waals surface area contributed by atoms with Gasteiger partial charge in [0.05, 0.1) is 39.4 Å². The third kappa shape index (κ3) is 22.9. The second-order valence-electron chi connectivity index (χ2n) is 22.5. The number of hydrogen-bond acceptors (Lipinski definition) is 6. The third-order valence-electron chi connectivity index (χ3n) is 15.6. The van der Waals surface area contributed by atoms with Gasteiger partial charge in [-0.1, -0.05) is 244 Å². The normalized spacial score (nSPS) is 11.3. The summed E-state index contributed by atoms with van der Waals surface area (Å²) in [7, 11) is 0. The molecule has 2 heterocycles. The number of rotatable bonds is 41. The van der Waals surface area contributed by atoms with Gasteiger partial charge in [-0.25, -0.2) is 0 Å². The van der Waals surface area contributed by atoms with E-state index in [2.05, 4.69) is 110 Å². The quantitative estimate of drug-likeness (QED) is 0.0283. The van der Waals surface area contributed by atoms with E-state index in [0.29, 0.717) is 50.7 Å². The van der Waals surface area contributed by atoms with Gasteiger partial charge in [-0.3, -0.25) is 9.59 Å². The molecule has 8 nitrogen and oxygen atoms in total. The van der Waals surface area contributed by atoms with Gasteiger partial charge in [0.1, 0.15) is 11.5 Å². The van der Waals surface area contributed by atoms with Crippen LogP contribution in [-0.2, 0) is 35.5 Å². The molecule has 2 aromatic heterocycles. The molecule has 0 saturated carbocycles. The molecule has 4 aromatic carbocycles. The Kier molecular flexibility index (Phi) is 29.9. The number of hydrogen-bond donors (Lipinski definition) is 0. The van der Waals surface area contributed by atoms with Crippen molar-refractivity contribution in [3.8, 4) is 21.5 Å². The highest BCUT2D eigenvalue weighted by atomic mass is 35.5. The number of benzene rings is 4. The van der Waals surface area contributed by atoms with E-state index in [1.165, 1.54) is 151 Å². The summed E-state index contributed by atoms with van der Waals surface area (Å²) in [4.78, 5) is 33.3. The number of thiazole rings is 2. The first-order valence-electron chi connectivity index (χ1n) is 31.4. The smallest absolute Gasteiger partial charge is 0.346 e. The molecular weight excluding hydrogens is 1060 g/mol. The molecule has 6 rings (SSSR count). The zero-order chi connectivity index (χ0) is 57.4. The van der Waals surface area contributed by atoms with Crippen molar-refractivity contribution in [3.63, 3.8) is 0 Å². The van der Waals surface area contributed by atoms with Crippen molar-refractivity contribution in [1.82, 2.24) is 0 Å². The minimum absolute atomic E-state index is 0.00428. The number of ether oxygens (including phenoxy) is 2. The van der Waals surface area contributed by atoms with Gasteiger partial charge in [-0.05, 0) is 87.1 Å². The zero-order valence-corrected chi connectivity index (χ0v) is 52.9. The van der Waals surface area contributed by atoms with Crippen LogP contribution in [-0.4, -0.2) is 38.1 Å². The Hall–Kier alpha value is -5.03. The molecule has 0 saturated heterocycles. The van der Waals surface area contributed by atoms with Crippen LogP contribution >= 0.6 is 34.3 Å². The number of carbonyl (C=O) groups is 2. The molecule has 2 amide bonds. The molecule has 0 radical (unpaired) electrons. The van der Waals surface area contributed by atoms with Crippen LogP contribution in [0, 0.1) is 13.8 Å². The van der Waals surface area contributed by atoms with Gasteiger partial charge in [-0.15, -0.1) is 0 Å². The number of anilines is 2. The molecule has 0 aliphatic rings. The van der Waals surface area contributed by atoms with E-state index in [1.54, 1.807) is 36.5 Å². The summed E-state index contributed by atoms with van der Waals surface area (Å²) in [6, 6.07) is 31.1. The van der Waals surface area contributed by atoms with Crippen LogP contribution in [0.25, 0.3) is 10.0 Å². The predicted molar refractivity (Wildman–Crippen MR) is 343 cm³/mol. The van der Waals surface area contributed by atoms with Crippen molar-refractivity contribution in [2.75, 3.05) is 36.1 Å². The summed E-state index contributed by atoms with van der Waals surface area (Å²) < 4.78 is 17.0. The van der Waals surface area contributed by atoms with Gasteiger partial charge in [0.2, 0.25) is 11.8 Å². The fourth-order valence-electron chi connectivity index (χ4n) is 11.0. The lowest BCUT2D eigenvalue weighted by atomic mass is 10.1. The standard InChI is InChI=1S/C70H99ClN4O4S2/c1-7-9-11-13-15-17-19-21-23-25-27-33-48-78-64-39-35-36-60(50-64)44-46-74(58(5)76)66-40-31-29-37-62(66)54-72-52-56(3)80-69(72)70-73(53-57(4)81-70)55-63-38-30-32-41-67(63)75(59(6)77)47-45-61-42-43-68(65(71)51-61)79-49-34-28-26-24-22-20-18-16-14-12-10-8-2/h29-32,35-43,50-53H,7-28,33-34,44-49,54-55H2,1-6H3/q+2. The lowest BCUT2D eigenvalue weighted by molar-refractivity contribution is -0.701. The predicted octanol–water partition coefficient (Wildman–Crippen LogP) is 18.8. The van der Waals surface area contributed by atoms with Crippen molar-refractivity contribution < 1.29 is 28.2 Å². The van der Waals surface area contributed by atoms with Gasteiger partial charge in [0, 0.05) is 38.1 Å². The van der Waals surface area contributed by atoms with E-state index in [9.17, 15) is 9.59 Å². The monoisotopic (exact) mass is 1160 g/mol. The van der Waals surface area contributed by atoms with Crippen molar-refractivity contribution in [3.05, 3.63) is 140 Å². The first kappa shape index (κ1) is 65.1. The van der Waals surface area contributed by atoms with Crippen molar-refractivity contribution >= 4 is 57.5 Å². The molecular formula is C70H99ClN4O4S2+2. The molecule has 6 aromatic rings. The highest BCUT2D eigenvalue weighted by Crippen LogP contribution is 2.31. The lowest BCUT2D eigenvalue weighted by Crippen LogP contribution is -2.41. The fourth-order valence-corrected chi connectivity index (χ4v) is 13.4. The third-order valence-corrected chi connectivity index (χ3v) is 18.1. The average molecular weight is 1160 g/mol. The van der Waals surface area contributed by atoms with Crippen LogP contribution in [0.2, 0.25) is 5.02 Å². The van der Waals surface area contributed by atoms with Crippen LogP contribution in [0.15, 0.2) is 103 Å².